The van der Waals surface area contributed by atoms with Crippen LogP contribution >= 0.6 is 0 Å². The van der Waals surface area contributed by atoms with Gasteiger partial charge in [0, 0.05) is 18.2 Å². The lowest BCUT2D eigenvalue weighted by atomic mass is 9.87. The van der Waals surface area contributed by atoms with Crippen molar-refractivity contribution >= 4 is 17.6 Å². The second kappa shape index (κ2) is 9.75. The van der Waals surface area contributed by atoms with E-state index >= 15 is 0 Å². The van der Waals surface area contributed by atoms with Crippen LogP contribution in [0, 0.1) is 16.0 Å². The van der Waals surface area contributed by atoms with Gasteiger partial charge < -0.3 is 19.9 Å². The van der Waals surface area contributed by atoms with Gasteiger partial charge in [-0.1, -0.05) is 25.7 Å². The van der Waals surface area contributed by atoms with Crippen molar-refractivity contribution in [3.8, 4) is 11.5 Å². The van der Waals surface area contributed by atoms with Gasteiger partial charge in [0.05, 0.1) is 18.0 Å². The Bertz CT molecular complexity index is 692. The van der Waals surface area contributed by atoms with Crippen LogP contribution in [0.3, 0.4) is 0 Å². The highest BCUT2D eigenvalue weighted by molar-refractivity contribution is 5.79. The van der Waals surface area contributed by atoms with Crippen molar-refractivity contribution in [1.82, 2.24) is 5.32 Å². The van der Waals surface area contributed by atoms with Gasteiger partial charge in [-0.3, -0.25) is 19.7 Å². The van der Waals surface area contributed by atoms with Gasteiger partial charge in [0.1, 0.15) is 5.75 Å². The number of aliphatic carboxylic acids is 1. The van der Waals surface area contributed by atoms with Gasteiger partial charge in [-0.2, -0.15) is 0 Å². The van der Waals surface area contributed by atoms with E-state index in [9.17, 15) is 24.8 Å². The second-order valence-electron chi connectivity index (χ2n) is 6.49. The number of nitrogens with one attached hydrogen (secondary N) is 1. The molecule has 1 aliphatic rings. The molecule has 0 spiro atoms. The summed E-state index contributed by atoms with van der Waals surface area (Å²) in [5, 5.41) is 23.1. The lowest BCUT2D eigenvalue weighted by molar-refractivity contribution is -0.385. The maximum Gasteiger partial charge on any atom is 0.311 e. The first-order chi connectivity index (χ1) is 12.9. The van der Waals surface area contributed by atoms with Crippen molar-refractivity contribution < 1.29 is 29.1 Å². The summed E-state index contributed by atoms with van der Waals surface area (Å²) in [5.74, 6) is -1.65. The third-order valence-electron chi connectivity index (χ3n) is 4.65. The zero-order valence-corrected chi connectivity index (χ0v) is 15.2. The van der Waals surface area contributed by atoms with Crippen LogP contribution in [-0.2, 0) is 9.59 Å². The Balaban J connectivity index is 1.96. The van der Waals surface area contributed by atoms with E-state index in [0.29, 0.717) is 12.8 Å². The fourth-order valence-electron chi connectivity index (χ4n) is 3.25. The van der Waals surface area contributed by atoms with E-state index in [1.54, 1.807) is 0 Å². The van der Waals surface area contributed by atoms with Gasteiger partial charge in [-0.25, -0.2) is 0 Å². The summed E-state index contributed by atoms with van der Waals surface area (Å²) in [6, 6.07) is 3.53. The van der Waals surface area contributed by atoms with Crippen molar-refractivity contribution in [3.63, 3.8) is 0 Å². The smallest absolute Gasteiger partial charge is 0.311 e. The number of carboxylic acid groups (broad SMARTS) is 1. The van der Waals surface area contributed by atoms with Crippen molar-refractivity contribution in [2.75, 3.05) is 13.7 Å². The summed E-state index contributed by atoms with van der Waals surface area (Å²) in [6.07, 6.45) is 4.90. The van der Waals surface area contributed by atoms with Crippen LogP contribution in [0.2, 0.25) is 0 Å². The minimum Gasteiger partial charge on any atom is -0.490 e. The number of carbonyl (C=O) groups is 2. The van der Waals surface area contributed by atoms with E-state index in [4.69, 9.17) is 9.47 Å². The number of nitro groups is 1. The molecule has 0 bridgehead atoms. The molecule has 2 atom stereocenters. The highest BCUT2D eigenvalue weighted by Crippen LogP contribution is 2.30. The number of methoxy groups -OCH3 is 1. The predicted molar refractivity (Wildman–Crippen MR) is 95.9 cm³/mol. The van der Waals surface area contributed by atoms with E-state index in [1.807, 2.05) is 0 Å². The highest BCUT2D eigenvalue weighted by Gasteiger charge is 2.30. The average molecular weight is 380 g/mol. The van der Waals surface area contributed by atoms with Crippen LogP contribution in [-0.4, -0.2) is 41.7 Å². The normalized spacial score (nSPS) is 20.0. The molecule has 0 radical (unpaired) electrons. The van der Waals surface area contributed by atoms with Crippen molar-refractivity contribution in [2.24, 2.45) is 5.92 Å². The fourth-order valence-corrected chi connectivity index (χ4v) is 3.25. The largest absolute Gasteiger partial charge is 0.490 e. The van der Waals surface area contributed by atoms with Crippen molar-refractivity contribution in [1.29, 1.82) is 0 Å². The number of nitro benzene ring substituents is 1. The Labute approximate surface area is 156 Å². The molecule has 0 aliphatic heterocycles. The third-order valence-corrected chi connectivity index (χ3v) is 4.65. The molecule has 1 aromatic rings. The van der Waals surface area contributed by atoms with Crippen molar-refractivity contribution in [3.05, 3.63) is 28.3 Å². The zero-order chi connectivity index (χ0) is 19.8. The Morgan fingerprint density at radius 1 is 1.26 bits per heavy atom. The number of benzene rings is 1. The van der Waals surface area contributed by atoms with Gasteiger partial charge >= 0.3 is 11.7 Å². The molecule has 9 nitrogen and oxygen atoms in total. The molecule has 1 aliphatic carbocycles. The van der Waals surface area contributed by atoms with Crippen molar-refractivity contribution in [2.45, 2.75) is 44.6 Å². The first kappa shape index (κ1) is 20.5. The molecular weight excluding hydrogens is 356 g/mol. The summed E-state index contributed by atoms with van der Waals surface area (Å²) in [5.41, 5.74) is -0.201. The maximum atomic E-state index is 12.2. The molecule has 1 aromatic carbocycles. The van der Waals surface area contributed by atoms with Crippen LogP contribution in [0.1, 0.15) is 38.5 Å². The Morgan fingerprint density at radius 3 is 2.59 bits per heavy atom. The summed E-state index contributed by atoms with van der Waals surface area (Å²) in [6.45, 7) is -0.316. The SMILES string of the molecule is COc1cc(OCC(=O)NC2CCCCCCC2C(=O)O)ccc1[N+](=O)[O-]. The first-order valence-electron chi connectivity index (χ1n) is 8.89. The Hall–Kier alpha value is -2.84. The molecule has 2 unspecified atom stereocenters. The van der Waals surface area contributed by atoms with Crippen LogP contribution in [0.25, 0.3) is 0 Å². The van der Waals surface area contributed by atoms with E-state index in [1.165, 1.54) is 25.3 Å². The summed E-state index contributed by atoms with van der Waals surface area (Å²) in [4.78, 5) is 34.0. The molecule has 2 rings (SSSR count). The molecular formula is C18H24N2O7. The number of amides is 1. The number of hydrogen-bond acceptors (Lipinski definition) is 6. The van der Waals surface area contributed by atoms with Gasteiger partial charge in [-0.05, 0) is 18.9 Å². The lowest BCUT2D eigenvalue weighted by Gasteiger charge is -2.27. The quantitative estimate of drug-likeness (QED) is 0.549. The molecule has 148 valence electrons. The minimum atomic E-state index is -0.900. The number of rotatable bonds is 7. The number of hydrogen-bond donors (Lipinski definition) is 2. The Kier molecular flexibility index (Phi) is 7.39. The lowest BCUT2D eigenvalue weighted by Crippen LogP contribution is -2.45. The predicted octanol–water partition coefficient (Wildman–Crippen LogP) is 2.52. The van der Waals surface area contributed by atoms with E-state index in [0.717, 1.165) is 25.7 Å². The molecule has 0 heterocycles. The molecule has 9 heteroatoms. The monoisotopic (exact) mass is 380 g/mol. The maximum absolute atomic E-state index is 12.2. The second-order valence-corrected chi connectivity index (χ2v) is 6.49. The number of nitrogens with zero attached hydrogens (tertiary/aromatic N) is 1. The van der Waals surface area contributed by atoms with Gasteiger partial charge in [0.25, 0.3) is 5.91 Å². The molecule has 1 fully saturated rings. The Morgan fingerprint density at radius 2 is 1.96 bits per heavy atom. The van der Waals surface area contributed by atoms with E-state index in [-0.39, 0.29) is 23.8 Å². The third kappa shape index (κ3) is 5.83. The fraction of sp³-hybridized carbons (Fsp3) is 0.556. The molecule has 1 saturated carbocycles. The zero-order valence-electron chi connectivity index (χ0n) is 15.2. The first-order valence-corrected chi connectivity index (χ1v) is 8.89. The van der Waals surface area contributed by atoms with Gasteiger partial charge in [0.15, 0.2) is 6.61 Å². The summed E-state index contributed by atoms with van der Waals surface area (Å²) >= 11 is 0. The van der Waals surface area contributed by atoms with Gasteiger partial charge in [0.2, 0.25) is 5.75 Å². The molecule has 0 aromatic heterocycles. The highest BCUT2D eigenvalue weighted by atomic mass is 16.6. The van der Waals surface area contributed by atoms with Crippen LogP contribution in [0.4, 0.5) is 5.69 Å². The van der Waals surface area contributed by atoms with Crippen LogP contribution in [0.5, 0.6) is 11.5 Å². The molecule has 2 N–H and O–H groups in total. The summed E-state index contributed by atoms with van der Waals surface area (Å²) in [7, 11) is 1.31. The van der Waals surface area contributed by atoms with Crippen LogP contribution in [0.15, 0.2) is 18.2 Å². The molecule has 1 amide bonds. The number of carbonyl (C=O) groups excluding carboxylic acids is 1. The van der Waals surface area contributed by atoms with E-state index in [2.05, 4.69) is 5.32 Å². The molecule has 0 saturated heterocycles. The number of ether oxygens (including phenoxy) is 2. The standard InChI is InChI=1S/C18H24N2O7/c1-26-16-10-12(8-9-15(16)20(24)25)27-11-17(21)19-14-7-5-3-2-4-6-13(14)18(22)23/h8-10,13-14H,2-7,11H2,1H3,(H,19,21)(H,22,23). The molecule has 27 heavy (non-hydrogen) atoms. The number of carboxylic acids is 1. The van der Waals surface area contributed by atoms with Crippen LogP contribution < -0.4 is 14.8 Å². The minimum absolute atomic E-state index is 0.0314. The summed E-state index contributed by atoms with van der Waals surface area (Å²) < 4.78 is 10.3. The van der Waals surface area contributed by atoms with E-state index < -0.39 is 28.8 Å². The van der Waals surface area contributed by atoms with Gasteiger partial charge in [-0.15, -0.1) is 0 Å². The topological polar surface area (TPSA) is 128 Å². The average Bonchev–Trinajstić information content (AvgIpc) is 2.61.